The first-order chi connectivity index (χ1) is 8.28. The van der Waals surface area contributed by atoms with Gasteiger partial charge in [0.15, 0.2) is 0 Å². The molecule has 3 nitrogen and oxygen atoms in total. The largest absolute Gasteiger partial charge is 0.444 e. The number of rotatable bonds is 0. The van der Waals surface area contributed by atoms with Gasteiger partial charge in [0.2, 0.25) is 0 Å². The molecule has 0 radical (unpaired) electrons. The van der Waals surface area contributed by atoms with E-state index >= 15 is 0 Å². The van der Waals surface area contributed by atoms with Gasteiger partial charge >= 0.3 is 6.09 Å². The first kappa shape index (κ1) is 13.6. The summed E-state index contributed by atoms with van der Waals surface area (Å²) in [6.45, 7) is 6.40. The summed E-state index contributed by atoms with van der Waals surface area (Å²) >= 11 is 1.98. The van der Waals surface area contributed by atoms with Crippen molar-refractivity contribution in [3.8, 4) is 0 Å². The minimum atomic E-state index is -0.510. The Balaban J connectivity index is 2.15. The van der Waals surface area contributed by atoms with Gasteiger partial charge in [-0.3, -0.25) is 4.90 Å². The lowest BCUT2D eigenvalue weighted by molar-refractivity contribution is 0.0241. The summed E-state index contributed by atoms with van der Waals surface area (Å²) < 4.78 is 19.3. The average Bonchev–Trinajstić information content (AvgIpc) is 2.66. The number of halogens is 2. The number of fused-ring (bicyclic) bond motifs is 1. The van der Waals surface area contributed by atoms with E-state index in [4.69, 9.17) is 4.74 Å². The van der Waals surface area contributed by atoms with Gasteiger partial charge in [-0.25, -0.2) is 9.18 Å². The van der Waals surface area contributed by atoms with Crippen LogP contribution in [0.5, 0.6) is 0 Å². The van der Waals surface area contributed by atoms with Crippen LogP contribution in [0.25, 0.3) is 0 Å². The second-order valence-electron chi connectivity index (χ2n) is 5.34. The summed E-state index contributed by atoms with van der Waals surface area (Å²) in [6, 6.07) is 3.18. The molecule has 0 aliphatic carbocycles. The molecule has 1 aromatic carbocycles. The van der Waals surface area contributed by atoms with Crippen LogP contribution in [-0.4, -0.2) is 16.6 Å². The first-order valence-electron chi connectivity index (χ1n) is 5.71. The van der Waals surface area contributed by atoms with E-state index < -0.39 is 5.60 Å². The molecule has 0 aromatic heterocycles. The van der Waals surface area contributed by atoms with E-state index in [0.29, 0.717) is 16.7 Å². The van der Waals surface area contributed by atoms with Crippen LogP contribution in [0.3, 0.4) is 0 Å². The lowest BCUT2D eigenvalue weighted by Gasteiger charge is -2.24. The maximum atomic E-state index is 13.4. The molecular formula is C13H15FINO2. The number of carbonyl (C=O) groups is 1. The zero-order valence-corrected chi connectivity index (χ0v) is 12.7. The summed E-state index contributed by atoms with van der Waals surface area (Å²) in [5, 5.41) is 0. The number of nitrogens with zero attached hydrogens (tertiary/aromatic N) is 1. The van der Waals surface area contributed by atoms with Gasteiger partial charge in [-0.1, -0.05) is 6.07 Å². The van der Waals surface area contributed by atoms with E-state index in [-0.39, 0.29) is 11.9 Å². The van der Waals surface area contributed by atoms with Gasteiger partial charge in [0.1, 0.15) is 11.4 Å². The van der Waals surface area contributed by atoms with Crippen molar-refractivity contribution in [2.45, 2.75) is 39.5 Å². The molecule has 0 saturated carbocycles. The number of benzene rings is 1. The molecule has 0 spiro atoms. The zero-order chi connectivity index (χ0) is 13.5. The summed E-state index contributed by atoms with van der Waals surface area (Å²) in [5.41, 5.74) is 1.37. The minimum Gasteiger partial charge on any atom is -0.444 e. The molecule has 0 fully saturated rings. The molecule has 18 heavy (non-hydrogen) atoms. The Bertz CT molecular complexity index is 496. The van der Waals surface area contributed by atoms with Crippen LogP contribution in [-0.2, 0) is 17.8 Å². The zero-order valence-electron chi connectivity index (χ0n) is 10.6. The van der Waals surface area contributed by atoms with Crippen LogP contribution < -0.4 is 0 Å². The highest BCUT2D eigenvalue weighted by molar-refractivity contribution is 14.1. The predicted molar refractivity (Wildman–Crippen MR) is 74.6 cm³/mol. The molecular weight excluding hydrogens is 348 g/mol. The van der Waals surface area contributed by atoms with Crippen LogP contribution in [0, 0.1) is 9.39 Å². The van der Waals surface area contributed by atoms with Crippen LogP contribution in [0.1, 0.15) is 31.9 Å². The Hall–Kier alpha value is -0.850. The van der Waals surface area contributed by atoms with E-state index in [1.165, 1.54) is 6.07 Å². The fourth-order valence-electron chi connectivity index (χ4n) is 1.86. The minimum absolute atomic E-state index is 0.236. The number of carbonyl (C=O) groups excluding carboxylic acids is 1. The summed E-state index contributed by atoms with van der Waals surface area (Å²) in [7, 11) is 0. The van der Waals surface area contributed by atoms with Crippen molar-refractivity contribution in [1.82, 2.24) is 4.90 Å². The monoisotopic (exact) mass is 363 g/mol. The molecule has 0 saturated heterocycles. The Labute approximate surface area is 119 Å². The first-order valence-corrected chi connectivity index (χ1v) is 6.79. The second kappa shape index (κ2) is 4.68. The molecule has 1 amide bonds. The van der Waals surface area contributed by atoms with E-state index in [1.807, 2.05) is 43.4 Å². The molecule has 1 aliphatic rings. The van der Waals surface area contributed by atoms with Crippen molar-refractivity contribution in [2.24, 2.45) is 0 Å². The van der Waals surface area contributed by atoms with Gasteiger partial charge in [-0.15, -0.1) is 0 Å². The topological polar surface area (TPSA) is 29.5 Å². The van der Waals surface area contributed by atoms with E-state index in [2.05, 4.69) is 0 Å². The molecule has 1 heterocycles. The molecule has 0 atom stereocenters. The third-order valence-corrected chi connectivity index (χ3v) is 3.82. The van der Waals surface area contributed by atoms with Crippen molar-refractivity contribution in [3.05, 3.63) is 32.6 Å². The lowest BCUT2D eigenvalue weighted by Crippen LogP contribution is -2.33. The smallest absolute Gasteiger partial charge is 0.410 e. The van der Waals surface area contributed by atoms with Gasteiger partial charge in [0, 0.05) is 6.54 Å². The Morgan fingerprint density at radius 2 is 2.06 bits per heavy atom. The summed E-state index contributed by atoms with van der Waals surface area (Å²) in [5.74, 6) is -0.236. The number of hydrogen-bond donors (Lipinski definition) is 0. The summed E-state index contributed by atoms with van der Waals surface area (Å²) in [6.07, 6.45) is -0.352. The molecule has 0 N–H and O–H groups in total. The molecule has 1 aromatic rings. The highest BCUT2D eigenvalue weighted by Gasteiger charge is 2.29. The molecule has 5 heteroatoms. The van der Waals surface area contributed by atoms with E-state index in [1.54, 1.807) is 11.0 Å². The van der Waals surface area contributed by atoms with Crippen LogP contribution in [0.15, 0.2) is 12.1 Å². The molecule has 98 valence electrons. The maximum absolute atomic E-state index is 13.4. The van der Waals surface area contributed by atoms with E-state index in [9.17, 15) is 9.18 Å². The standard InChI is InChI=1S/C13H15FINO2/c1-13(2,3)18-12(17)16-6-8-4-5-10(14)11(15)9(8)7-16/h4-5H,6-7H2,1-3H3. The third kappa shape index (κ3) is 2.76. The van der Waals surface area contributed by atoms with Crippen molar-refractivity contribution in [3.63, 3.8) is 0 Å². The van der Waals surface area contributed by atoms with Crippen LogP contribution >= 0.6 is 22.6 Å². The van der Waals surface area contributed by atoms with Crippen LogP contribution in [0.2, 0.25) is 0 Å². The van der Waals surface area contributed by atoms with Gasteiger partial charge < -0.3 is 4.74 Å². The quantitative estimate of drug-likeness (QED) is 0.659. The van der Waals surface area contributed by atoms with Crippen molar-refractivity contribution >= 4 is 28.7 Å². The van der Waals surface area contributed by atoms with Gasteiger partial charge in [0.25, 0.3) is 0 Å². The highest BCUT2D eigenvalue weighted by Crippen LogP contribution is 2.29. The van der Waals surface area contributed by atoms with Crippen molar-refractivity contribution < 1.29 is 13.9 Å². The van der Waals surface area contributed by atoms with Gasteiger partial charge in [-0.2, -0.15) is 0 Å². The summed E-state index contributed by atoms with van der Waals surface area (Å²) in [4.78, 5) is 13.5. The van der Waals surface area contributed by atoms with Crippen molar-refractivity contribution in [1.29, 1.82) is 0 Å². The SMILES string of the molecule is CC(C)(C)OC(=O)N1Cc2ccc(F)c(I)c2C1. The van der Waals surface area contributed by atoms with Gasteiger partial charge in [0.05, 0.1) is 10.1 Å². The maximum Gasteiger partial charge on any atom is 0.410 e. The third-order valence-electron chi connectivity index (χ3n) is 2.65. The number of ether oxygens (including phenoxy) is 1. The molecule has 0 bridgehead atoms. The van der Waals surface area contributed by atoms with Crippen LogP contribution in [0.4, 0.5) is 9.18 Å². The molecule has 2 rings (SSSR count). The lowest BCUT2D eigenvalue weighted by atomic mass is 10.1. The normalized spacial score (nSPS) is 14.6. The highest BCUT2D eigenvalue weighted by atomic mass is 127. The number of amides is 1. The Morgan fingerprint density at radius 1 is 1.39 bits per heavy atom. The molecule has 0 unspecified atom stereocenters. The predicted octanol–water partition coefficient (Wildman–Crippen LogP) is 3.68. The number of hydrogen-bond acceptors (Lipinski definition) is 2. The van der Waals surface area contributed by atoms with E-state index in [0.717, 1.165) is 11.1 Å². The fourth-order valence-corrected chi connectivity index (χ4v) is 2.56. The Kier molecular flexibility index (Phi) is 3.53. The molecule has 1 aliphatic heterocycles. The van der Waals surface area contributed by atoms with Gasteiger partial charge in [-0.05, 0) is 60.6 Å². The average molecular weight is 363 g/mol. The van der Waals surface area contributed by atoms with Crippen molar-refractivity contribution in [2.75, 3.05) is 0 Å². The fraction of sp³-hybridized carbons (Fsp3) is 0.462. The second-order valence-corrected chi connectivity index (χ2v) is 6.41. The Morgan fingerprint density at radius 3 is 2.67 bits per heavy atom.